The molecule has 3 aromatic rings. The second-order valence-electron chi connectivity index (χ2n) is 6.32. The Morgan fingerprint density at radius 3 is 2.79 bits per heavy atom. The third kappa shape index (κ3) is 4.07. The molecule has 11 heteroatoms. The molecule has 2 aromatic heterocycles. The fraction of sp³-hybridized carbons (Fsp3) is 0.278. The Kier molecular flexibility index (Phi) is 4.95. The van der Waals surface area contributed by atoms with Crippen molar-refractivity contribution in [2.75, 3.05) is 13.2 Å². The minimum Gasteiger partial charge on any atom is -0.486 e. The van der Waals surface area contributed by atoms with Crippen LogP contribution < -0.4 is 14.8 Å². The third-order valence-electron chi connectivity index (χ3n) is 4.27. The molecule has 0 fully saturated rings. The van der Waals surface area contributed by atoms with Gasteiger partial charge in [-0.2, -0.15) is 13.2 Å². The van der Waals surface area contributed by atoms with E-state index in [2.05, 4.69) is 15.5 Å². The van der Waals surface area contributed by atoms with Gasteiger partial charge < -0.3 is 14.8 Å². The molecule has 0 saturated carbocycles. The number of hydrogen-bond acceptors (Lipinski definition) is 5. The van der Waals surface area contributed by atoms with Gasteiger partial charge in [-0.1, -0.05) is 11.6 Å². The molecular formula is C18H14ClF3N4O3. The van der Waals surface area contributed by atoms with Gasteiger partial charge in [0.25, 0.3) is 0 Å². The van der Waals surface area contributed by atoms with E-state index in [0.717, 1.165) is 12.3 Å². The number of nitrogens with zero attached hydrogens (tertiary/aromatic N) is 3. The van der Waals surface area contributed by atoms with Gasteiger partial charge in [-0.25, -0.2) is 0 Å². The molecule has 0 unspecified atom stereocenters. The number of alkyl halides is 3. The van der Waals surface area contributed by atoms with Gasteiger partial charge in [0.1, 0.15) is 13.2 Å². The van der Waals surface area contributed by atoms with Crippen molar-refractivity contribution < 1.29 is 27.4 Å². The zero-order chi connectivity index (χ0) is 20.6. The third-order valence-corrected chi connectivity index (χ3v) is 4.55. The Labute approximate surface area is 167 Å². The molecule has 7 nitrogen and oxygen atoms in total. The second-order valence-corrected chi connectivity index (χ2v) is 6.72. The molecule has 0 aliphatic carbocycles. The Bertz CT molecular complexity index is 1080. The lowest BCUT2D eigenvalue weighted by molar-refractivity contribution is -0.137. The molecular weight excluding hydrogens is 413 g/mol. The fourth-order valence-electron chi connectivity index (χ4n) is 2.92. The second kappa shape index (κ2) is 7.43. The van der Waals surface area contributed by atoms with Gasteiger partial charge in [0.05, 0.1) is 23.6 Å². The summed E-state index contributed by atoms with van der Waals surface area (Å²) in [6.45, 7) is 0.702. The largest absolute Gasteiger partial charge is 0.486 e. The highest BCUT2D eigenvalue weighted by Crippen LogP contribution is 2.38. The summed E-state index contributed by atoms with van der Waals surface area (Å²) < 4.78 is 50.8. The van der Waals surface area contributed by atoms with E-state index < -0.39 is 11.7 Å². The maximum Gasteiger partial charge on any atom is 0.417 e. The predicted octanol–water partition coefficient (Wildman–Crippen LogP) is 3.03. The molecule has 1 amide bonds. The topological polar surface area (TPSA) is 77.8 Å². The van der Waals surface area contributed by atoms with Gasteiger partial charge in [-0.3, -0.25) is 9.20 Å². The van der Waals surface area contributed by atoms with Crippen molar-refractivity contribution >= 4 is 23.2 Å². The normalized spacial score (nSPS) is 13.5. The van der Waals surface area contributed by atoms with Crippen molar-refractivity contribution in [3.8, 4) is 11.5 Å². The van der Waals surface area contributed by atoms with Crippen LogP contribution in [0.4, 0.5) is 13.2 Å². The van der Waals surface area contributed by atoms with Gasteiger partial charge >= 0.3 is 6.18 Å². The lowest BCUT2D eigenvalue weighted by Gasteiger charge is -2.20. The number of carbonyl (C=O) groups excluding carboxylic acids is 1. The monoisotopic (exact) mass is 426 g/mol. The summed E-state index contributed by atoms with van der Waals surface area (Å²) >= 11 is 6.16. The molecule has 152 valence electrons. The number of carbonyl (C=O) groups is 1. The summed E-state index contributed by atoms with van der Waals surface area (Å²) in [7, 11) is 0. The number of nitrogens with one attached hydrogen (secondary N) is 1. The molecule has 29 heavy (non-hydrogen) atoms. The van der Waals surface area contributed by atoms with Crippen molar-refractivity contribution in [1.82, 2.24) is 19.9 Å². The Hall–Kier alpha value is -3.01. The van der Waals surface area contributed by atoms with Crippen molar-refractivity contribution in [3.05, 3.63) is 52.4 Å². The van der Waals surface area contributed by atoms with Crippen LogP contribution in [0.3, 0.4) is 0 Å². The molecule has 0 bridgehead atoms. The van der Waals surface area contributed by atoms with Crippen LogP contribution in [0, 0.1) is 0 Å². The highest BCUT2D eigenvalue weighted by molar-refractivity contribution is 6.32. The Balaban J connectivity index is 1.46. The quantitative estimate of drug-likeness (QED) is 0.694. The fourth-order valence-corrected chi connectivity index (χ4v) is 3.21. The first-order valence-corrected chi connectivity index (χ1v) is 8.94. The van der Waals surface area contributed by atoms with Crippen LogP contribution in [-0.4, -0.2) is 33.7 Å². The maximum absolute atomic E-state index is 12.9. The molecule has 1 aromatic carbocycles. The summed E-state index contributed by atoms with van der Waals surface area (Å²) in [5, 5.41) is 10.6. The van der Waals surface area contributed by atoms with E-state index in [1.807, 2.05) is 0 Å². The van der Waals surface area contributed by atoms with E-state index in [1.165, 1.54) is 10.5 Å². The van der Waals surface area contributed by atoms with Gasteiger partial charge in [0.15, 0.2) is 23.0 Å². The van der Waals surface area contributed by atoms with Crippen LogP contribution in [0.15, 0.2) is 30.5 Å². The van der Waals surface area contributed by atoms with Crippen LogP contribution in [0.1, 0.15) is 17.0 Å². The molecule has 1 aliphatic rings. The lowest BCUT2D eigenvalue weighted by Crippen LogP contribution is -2.26. The van der Waals surface area contributed by atoms with Crippen LogP contribution in [0.25, 0.3) is 5.65 Å². The van der Waals surface area contributed by atoms with Gasteiger partial charge in [-0.05, 0) is 29.8 Å². The Morgan fingerprint density at radius 2 is 2.00 bits per heavy atom. The predicted molar refractivity (Wildman–Crippen MR) is 96.0 cm³/mol. The maximum atomic E-state index is 12.9. The van der Waals surface area contributed by atoms with Crippen LogP contribution >= 0.6 is 11.6 Å². The van der Waals surface area contributed by atoms with Gasteiger partial charge in [0, 0.05) is 6.20 Å². The molecule has 0 spiro atoms. The van der Waals surface area contributed by atoms with Crippen LogP contribution in [-0.2, 0) is 23.9 Å². The van der Waals surface area contributed by atoms with E-state index in [-0.39, 0.29) is 30.3 Å². The number of ether oxygens (including phenoxy) is 2. The average Bonchev–Trinajstić information content (AvgIpc) is 3.08. The smallest absolute Gasteiger partial charge is 0.417 e. The molecule has 0 saturated heterocycles. The Morgan fingerprint density at radius 1 is 1.21 bits per heavy atom. The molecule has 1 aliphatic heterocycles. The zero-order valence-corrected chi connectivity index (χ0v) is 15.5. The van der Waals surface area contributed by atoms with Crippen molar-refractivity contribution in [1.29, 1.82) is 0 Å². The van der Waals surface area contributed by atoms with E-state index in [9.17, 15) is 18.0 Å². The first kappa shape index (κ1) is 19.3. The van der Waals surface area contributed by atoms with Crippen molar-refractivity contribution in [3.63, 3.8) is 0 Å². The van der Waals surface area contributed by atoms with Gasteiger partial charge in [0.2, 0.25) is 5.91 Å². The number of benzene rings is 1. The molecule has 1 N–H and O–H groups in total. The number of rotatable bonds is 4. The van der Waals surface area contributed by atoms with Gasteiger partial charge in [-0.15, -0.1) is 10.2 Å². The summed E-state index contributed by atoms with van der Waals surface area (Å²) in [6, 6.07) is 5.43. The number of aromatic nitrogens is 3. The molecule has 0 atom stereocenters. The van der Waals surface area contributed by atoms with E-state index in [1.54, 1.807) is 12.1 Å². The summed E-state index contributed by atoms with van der Waals surface area (Å²) in [6.07, 6.45) is -3.59. The molecule has 4 rings (SSSR count). The SMILES string of the molecule is O=C(Cc1cc(Cl)c2c(c1)OCCO2)NCc1nnc2ccc(C(F)(F)F)cn12. The van der Waals surface area contributed by atoms with Crippen LogP contribution in [0.2, 0.25) is 5.02 Å². The summed E-state index contributed by atoms with van der Waals surface area (Å²) in [4.78, 5) is 12.3. The minimum absolute atomic E-state index is 0.000890. The lowest BCUT2D eigenvalue weighted by atomic mass is 10.1. The van der Waals surface area contributed by atoms with Crippen molar-refractivity contribution in [2.24, 2.45) is 0 Å². The number of hydrogen-bond donors (Lipinski definition) is 1. The number of fused-ring (bicyclic) bond motifs is 2. The number of pyridine rings is 1. The summed E-state index contributed by atoms with van der Waals surface area (Å²) in [5.74, 6) is 0.730. The molecule has 0 radical (unpaired) electrons. The van der Waals surface area contributed by atoms with Crippen molar-refractivity contribution in [2.45, 2.75) is 19.1 Å². The average molecular weight is 427 g/mol. The first-order valence-electron chi connectivity index (χ1n) is 8.57. The van der Waals surface area contributed by atoms with E-state index in [4.69, 9.17) is 21.1 Å². The highest BCUT2D eigenvalue weighted by atomic mass is 35.5. The molecule has 3 heterocycles. The standard InChI is InChI=1S/C18H14ClF3N4O3/c19-12-5-10(6-13-17(12)29-4-3-28-13)7-16(27)23-8-15-25-24-14-2-1-11(9-26(14)15)18(20,21)22/h1-2,5-6,9H,3-4,7-8H2,(H,23,27). The minimum atomic E-state index is -4.49. The number of amides is 1. The van der Waals surface area contributed by atoms with E-state index >= 15 is 0 Å². The highest BCUT2D eigenvalue weighted by Gasteiger charge is 2.31. The number of halogens is 4. The summed E-state index contributed by atoms with van der Waals surface area (Å²) in [5.41, 5.74) is 0.0337. The zero-order valence-electron chi connectivity index (χ0n) is 14.8. The van der Waals surface area contributed by atoms with Crippen LogP contribution in [0.5, 0.6) is 11.5 Å². The first-order chi connectivity index (χ1) is 13.8. The van der Waals surface area contributed by atoms with E-state index in [0.29, 0.717) is 35.3 Å².